The summed E-state index contributed by atoms with van der Waals surface area (Å²) in [5.74, 6) is 0. The summed E-state index contributed by atoms with van der Waals surface area (Å²) in [6.45, 7) is 10.9. The number of hydrogen-bond donors (Lipinski definition) is 0. The zero-order valence-electron chi connectivity index (χ0n) is 11.9. The minimum atomic E-state index is 0.635. The molecule has 0 aromatic rings. The van der Waals surface area contributed by atoms with Crippen LogP contribution in [0.2, 0.25) is 0 Å². The van der Waals surface area contributed by atoms with E-state index in [2.05, 4.69) is 44.7 Å². The van der Waals surface area contributed by atoms with Crippen LogP contribution in [-0.4, -0.2) is 49.6 Å². The Kier molecular flexibility index (Phi) is 5.26. The number of nitrogens with zero attached hydrogens (tertiary/aromatic N) is 2. The summed E-state index contributed by atoms with van der Waals surface area (Å²) in [6, 6.07) is 0.726. The molecule has 1 saturated heterocycles. The van der Waals surface area contributed by atoms with Gasteiger partial charge >= 0.3 is 0 Å². The summed E-state index contributed by atoms with van der Waals surface area (Å²) < 4.78 is 0. The van der Waals surface area contributed by atoms with E-state index in [1.165, 1.54) is 45.3 Å². The van der Waals surface area contributed by atoms with Gasteiger partial charge in [-0.15, -0.1) is 0 Å². The first-order chi connectivity index (χ1) is 7.49. The summed E-state index contributed by atoms with van der Waals surface area (Å²) >= 11 is 0. The van der Waals surface area contributed by atoms with Gasteiger partial charge in [0.25, 0.3) is 0 Å². The maximum atomic E-state index is 2.63. The highest BCUT2D eigenvalue weighted by Crippen LogP contribution is 2.38. The topological polar surface area (TPSA) is 6.48 Å². The Morgan fingerprint density at radius 3 is 2.12 bits per heavy atom. The summed E-state index contributed by atoms with van der Waals surface area (Å²) in [6.07, 6.45) is 5.53. The molecule has 0 aromatic heterocycles. The molecule has 2 heteroatoms. The van der Waals surface area contributed by atoms with Crippen LogP contribution in [-0.2, 0) is 0 Å². The Balaban J connectivity index is 2.45. The lowest BCUT2D eigenvalue weighted by Crippen LogP contribution is -2.43. The monoisotopic (exact) mass is 226 g/mol. The smallest absolute Gasteiger partial charge is 0.00385 e. The quantitative estimate of drug-likeness (QED) is 0.711. The van der Waals surface area contributed by atoms with Crippen molar-refractivity contribution in [2.75, 3.05) is 33.7 Å². The number of hydrogen-bond acceptors (Lipinski definition) is 2. The van der Waals surface area contributed by atoms with Gasteiger partial charge < -0.3 is 9.80 Å². The molecule has 1 rings (SSSR count). The minimum Gasteiger partial charge on any atom is -0.309 e. The van der Waals surface area contributed by atoms with Crippen molar-refractivity contribution in [2.24, 2.45) is 5.41 Å². The van der Waals surface area contributed by atoms with Crippen LogP contribution in [0.5, 0.6) is 0 Å². The molecule has 0 spiro atoms. The Labute approximate surface area is 102 Å². The summed E-state index contributed by atoms with van der Waals surface area (Å²) in [4.78, 5) is 4.95. The van der Waals surface area contributed by atoms with E-state index in [1.807, 2.05) is 0 Å². The van der Waals surface area contributed by atoms with Crippen LogP contribution < -0.4 is 0 Å². The minimum absolute atomic E-state index is 0.635. The van der Waals surface area contributed by atoms with E-state index in [-0.39, 0.29) is 0 Å². The maximum absolute atomic E-state index is 2.63. The molecule has 0 N–H and O–H groups in total. The second-order valence-corrected chi connectivity index (χ2v) is 6.04. The van der Waals surface area contributed by atoms with Crippen LogP contribution in [0.3, 0.4) is 0 Å². The summed E-state index contributed by atoms with van der Waals surface area (Å²) in [5, 5.41) is 0. The van der Waals surface area contributed by atoms with E-state index in [0.717, 1.165) is 6.04 Å². The molecule has 0 bridgehead atoms. The molecule has 0 unspecified atom stereocenters. The second kappa shape index (κ2) is 6.02. The molecule has 0 atom stereocenters. The number of likely N-dealkylation sites (tertiary alicyclic amines) is 1. The summed E-state index contributed by atoms with van der Waals surface area (Å²) in [5.41, 5.74) is 0.635. The largest absolute Gasteiger partial charge is 0.309 e. The van der Waals surface area contributed by atoms with Crippen LogP contribution in [0.1, 0.15) is 46.5 Å². The third-order valence-electron chi connectivity index (χ3n) is 4.43. The van der Waals surface area contributed by atoms with Crippen LogP contribution in [0, 0.1) is 5.41 Å². The molecule has 0 amide bonds. The van der Waals surface area contributed by atoms with Crippen molar-refractivity contribution < 1.29 is 0 Å². The van der Waals surface area contributed by atoms with Crippen LogP contribution >= 0.6 is 0 Å². The van der Waals surface area contributed by atoms with Gasteiger partial charge in [0.05, 0.1) is 0 Å². The van der Waals surface area contributed by atoms with E-state index in [1.54, 1.807) is 0 Å². The molecule has 96 valence electrons. The van der Waals surface area contributed by atoms with E-state index in [9.17, 15) is 0 Å². The van der Waals surface area contributed by atoms with Gasteiger partial charge in [-0.2, -0.15) is 0 Å². The molecule has 0 radical (unpaired) electrons. The molecule has 1 aliphatic rings. The molecule has 0 saturated carbocycles. The maximum Gasteiger partial charge on any atom is 0.00385 e. The van der Waals surface area contributed by atoms with E-state index in [4.69, 9.17) is 0 Å². The Hall–Kier alpha value is -0.0800. The fourth-order valence-corrected chi connectivity index (χ4v) is 2.76. The fourth-order valence-electron chi connectivity index (χ4n) is 2.76. The van der Waals surface area contributed by atoms with Gasteiger partial charge in [0.15, 0.2) is 0 Å². The molecule has 0 aromatic carbocycles. The van der Waals surface area contributed by atoms with Crippen molar-refractivity contribution in [3.63, 3.8) is 0 Å². The zero-order chi connectivity index (χ0) is 12.2. The molecule has 1 aliphatic heterocycles. The lowest BCUT2D eigenvalue weighted by molar-refractivity contribution is 0.0667. The number of rotatable bonds is 5. The lowest BCUT2D eigenvalue weighted by atomic mass is 9.73. The van der Waals surface area contributed by atoms with Gasteiger partial charge in [-0.05, 0) is 72.3 Å². The lowest BCUT2D eigenvalue weighted by Gasteiger charge is -2.43. The van der Waals surface area contributed by atoms with Gasteiger partial charge in [-0.3, -0.25) is 0 Å². The first-order valence-electron chi connectivity index (χ1n) is 6.88. The molecule has 1 fully saturated rings. The zero-order valence-corrected chi connectivity index (χ0v) is 11.9. The van der Waals surface area contributed by atoms with Gasteiger partial charge in [-0.1, -0.05) is 13.3 Å². The van der Waals surface area contributed by atoms with Gasteiger partial charge in [0, 0.05) is 6.04 Å². The third-order valence-corrected chi connectivity index (χ3v) is 4.43. The molecular weight excluding hydrogens is 196 g/mol. The Morgan fingerprint density at radius 1 is 1.19 bits per heavy atom. The highest BCUT2D eigenvalue weighted by atomic mass is 15.2. The highest BCUT2D eigenvalue weighted by Gasteiger charge is 2.33. The van der Waals surface area contributed by atoms with Gasteiger partial charge in [0.1, 0.15) is 0 Å². The molecular formula is C14H30N2. The van der Waals surface area contributed by atoms with E-state index < -0.39 is 0 Å². The van der Waals surface area contributed by atoms with Crippen molar-refractivity contribution in [3.8, 4) is 0 Å². The first-order valence-corrected chi connectivity index (χ1v) is 6.88. The Bertz CT molecular complexity index is 191. The van der Waals surface area contributed by atoms with Crippen molar-refractivity contribution in [1.82, 2.24) is 9.80 Å². The SMILES string of the molecule is CCC1(CCN(C)C)CCN(C(C)C)CC1. The molecule has 2 nitrogen and oxygen atoms in total. The average Bonchev–Trinajstić information content (AvgIpc) is 2.27. The van der Waals surface area contributed by atoms with E-state index >= 15 is 0 Å². The van der Waals surface area contributed by atoms with Crippen molar-refractivity contribution in [1.29, 1.82) is 0 Å². The van der Waals surface area contributed by atoms with Crippen molar-refractivity contribution in [2.45, 2.75) is 52.5 Å². The summed E-state index contributed by atoms with van der Waals surface area (Å²) in [7, 11) is 4.37. The van der Waals surface area contributed by atoms with Crippen molar-refractivity contribution >= 4 is 0 Å². The van der Waals surface area contributed by atoms with Gasteiger partial charge in [0.2, 0.25) is 0 Å². The van der Waals surface area contributed by atoms with Crippen molar-refractivity contribution in [3.05, 3.63) is 0 Å². The molecule has 0 aliphatic carbocycles. The highest BCUT2D eigenvalue weighted by molar-refractivity contribution is 4.86. The number of piperidine rings is 1. The van der Waals surface area contributed by atoms with Crippen LogP contribution in [0.15, 0.2) is 0 Å². The normalized spacial score (nSPS) is 21.9. The molecule has 16 heavy (non-hydrogen) atoms. The third kappa shape index (κ3) is 3.74. The van der Waals surface area contributed by atoms with E-state index in [0.29, 0.717) is 5.41 Å². The van der Waals surface area contributed by atoms with Crippen LogP contribution in [0.25, 0.3) is 0 Å². The standard InChI is InChI=1S/C14H30N2/c1-6-14(7-10-15(4)5)8-11-16(12-9-14)13(2)3/h13H,6-12H2,1-5H3. The predicted molar refractivity (Wildman–Crippen MR) is 71.8 cm³/mol. The van der Waals surface area contributed by atoms with Crippen LogP contribution in [0.4, 0.5) is 0 Å². The second-order valence-electron chi connectivity index (χ2n) is 6.04. The van der Waals surface area contributed by atoms with Gasteiger partial charge in [-0.25, -0.2) is 0 Å². The Morgan fingerprint density at radius 2 is 1.75 bits per heavy atom. The molecule has 1 heterocycles. The first kappa shape index (κ1) is 14.0. The predicted octanol–water partition coefficient (Wildman–Crippen LogP) is 2.84. The fraction of sp³-hybridized carbons (Fsp3) is 1.00. The average molecular weight is 226 g/mol.